The molecule has 2 aromatic heterocycles. The number of carbonyl (C=O) groups is 1. The zero-order chi connectivity index (χ0) is 20.3. The molecule has 0 atom stereocenters. The molecule has 0 bridgehead atoms. The van der Waals surface area contributed by atoms with Gasteiger partial charge in [0.2, 0.25) is 11.9 Å². The summed E-state index contributed by atoms with van der Waals surface area (Å²) in [5.74, 6) is 2.70. The Kier molecular flexibility index (Phi) is 5.35. The summed E-state index contributed by atoms with van der Waals surface area (Å²) in [4.78, 5) is 25.4. The smallest absolute Gasteiger partial charge is 0.233 e. The summed E-state index contributed by atoms with van der Waals surface area (Å²) in [7, 11) is 0. The molecule has 1 aromatic carbocycles. The van der Waals surface area contributed by atoms with Crippen molar-refractivity contribution < 1.29 is 4.79 Å². The van der Waals surface area contributed by atoms with Crippen LogP contribution in [-0.4, -0.2) is 67.5 Å². The number of nitrogens with zero attached hydrogens (tertiary/aromatic N) is 7. The lowest BCUT2D eigenvalue weighted by atomic mass is 10.3. The first-order valence-corrected chi connectivity index (χ1v) is 11.2. The van der Waals surface area contributed by atoms with Gasteiger partial charge in [0.15, 0.2) is 5.16 Å². The fraction of sp³-hybridized carbons (Fsp3) is 0.381. The average molecular weight is 422 g/mol. The number of hydrogen-bond acceptors (Lipinski definition) is 7. The van der Waals surface area contributed by atoms with E-state index >= 15 is 0 Å². The minimum absolute atomic E-state index is 0.129. The van der Waals surface area contributed by atoms with Gasteiger partial charge < -0.3 is 9.80 Å². The molecule has 3 heterocycles. The first-order chi connectivity index (χ1) is 14.8. The molecule has 3 aromatic rings. The maximum Gasteiger partial charge on any atom is 0.233 e. The fourth-order valence-electron chi connectivity index (χ4n) is 3.63. The Morgan fingerprint density at radius 1 is 0.967 bits per heavy atom. The molecule has 30 heavy (non-hydrogen) atoms. The third-order valence-corrected chi connectivity index (χ3v) is 6.32. The van der Waals surface area contributed by atoms with Gasteiger partial charge in [-0.3, -0.25) is 9.36 Å². The maximum atomic E-state index is 12.8. The lowest BCUT2D eigenvalue weighted by Gasteiger charge is -2.34. The first kappa shape index (κ1) is 19.0. The molecule has 0 radical (unpaired) electrons. The number of thioether (sulfide) groups is 1. The van der Waals surface area contributed by atoms with Crippen LogP contribution in [0, 0.1) is 0 Å². The van der Waals surface area contributed by atoms with Crippen LogP contribution in [0.15, 0.2) is 53.9 Å². The Bertz CT molecular complexity index is 999. The van der Waals surface area contributed by atoms with Crippen molar-refractivity contribution in [2.24, 2.45) is 0 Å². The molecule has 1 saturated carbocycles. The number of piperazine rings is 1. The molecule has 1 amide bonds. The summed E-state index contributed by atoms with van der Waals surface area (Å²) in [6.45, 7) is 2.84. The van der Waals surface area contributed by atoms with E-state index in [0.717, 1.165) is 48.5 Å². The molecule has 9 heteroatoms. The molecule has 5 rings (SSSR count). The largest absolute Gasteiger partial charge is 0.338 e. The lowest BCUT2D eigenvalue weighted by molar-refractivity contribution is -0.128. The van der Waals surface area contributed by atoms with E-state index in [1.54, 1.807) is 12.4 Å². The van der Waals surface area contributed by atoms with Crippen molar-refractivity contribution in [1.82, 2.24) is 29.6 Å². The number of hydrogen-bond donors (Lipinski definition) is 0. The van der Waals surface area contributed by atoms with E-state index in [1.165, 1.54) is 11.8 Å². The minimum atomic E-state index is 0.129. The van der Waals surface area contributed by atoms with Crippen molar-refractivity contribution in [3.63, 3.8) is 0 Å². The highest BCUT2D eigenvalue weighted by Gasteiger charge is 2.31. The van der Waals surface area contributed by atoms with Gasteiger partial charge in [-0.15, -0.1) is 10.2 Å². The third kappa shape index (κ3) is 4.02. The highest BCUT2D eigenvalue weighted by Crippen LogP contribution is 2.41. The van der Waals surface area contributed by atoms with Gasteiger partial charge in [0, 0.05) is 50.2 Å². The number of amides is 1. The predicted octanol–water partition coefficient (Wildman–Crippen LogP) is 2.38. The number of carbonyl (C=O) groups excluding carboxylic acids is 1. The normalized spacial score (nSPS) is 16.7. The van der Waals surface area contributed by atoms with Crippen LogP contribution in [0.2, 0.25) is 0 Å². The average Bonchev–Trinajstić information content (AvgIpc) is 3.58. The molecule has 2 aliphatic rings. The topological polar surface area (TPSA) is 80.0 Å². The SMILES string of the molecule is O=C(CSc1nnc(C2CC2)n1-c1ccccc1)N1CCN(c2ncccn2)CC1. The molecule has 1 aliphatic carbocycles. The number of aromatic nitrogens is 5. The zero-order valence-electron chi connectivity index (χ0n) is 16.6. The molecule has 1 saturated heterocycles. The van der Waals surface area contributed by atoms with E-state index in [1.807, 2.05) is 29.2 Å². The Hall–Kier alpha value is -2.94. The van der Waals surface area contributed by atoms with Crippen molar-refractivity contribution >= 4 is 23.6 Å². The maximum absolute atomic E-state index is 12.8. The van der Waals surface area contributed by atoms with Gasteiger partial charge in [-0.25, -0.2) is 9.97 Å². The molecule has 154 valence electrons. The summed E-state index contributed by atoms with van der Waals surface area (Å²) >= 11 is 1.47. The summed E-state index contributed by atoms with van der Waals surface area (Å²) in [5, 5.41) is 9.62. The molecular weight excluding hydrogens is 398 g/mol. The van der Waals surface area contributed by atoms with Crippen molar-refractivity contribution in [3.8, 4) is 5.69 Å². The van der Waals surface area contributed by atoms with E-state index in [4.69, 9.17) is 0 Å². The van der Waals surface area contributed by atoms with Crippen LogP contribution in [0.4, 0.5) is 5.95 Å². The van der Waals surface area contributed by atoms with Gasteiger partial charge in [0.05, 0.1) is 5.75 Å². The molecular formula is C21H23N7OS. The van der Waals surface area contributed by atoms with Crippen LogP contribution in [0.5, 0.6) is 0 Å². The van der Waals surface area contributed by atoms with Crippen LogP contribution < -0.4 is 4.90 Å². The Morgan fingerprint density at radius 3 is 2.40 bits per heavy atom. The van der Waals surface area contributed by atoms with Gasteiger partial charge in [0.25, 0.3) is 0 Å². The Labute approximate surface area is 179 Å². The summed E-state index contributed by atoms with van der Waals surface area (Å²) in [6, 6.07) is 12.0. The van der Waals surface area contributed by atoms with Gasteiger partial charge in [0.1, 0.15) is 5.82 Å². The van der Waals surface area contributed by atoms with Crippen molar-refractivity contribution in [2.45, 2.75) is 23.9 Å². The van der Waals surface area contributed by atoms with Gasteiger partial charge in [-0.05, 0) is 31.0 Å². The van der Waals surface area contributed by atoms with Crippen LogP contribution in [0.25, 0.3) is 5.69 Å². The summed E-state index contributed by atoms with van der Waals surface area (Å²) in [5.41, 5.74) is 1.05. The van der Waals surface area contributed by atoms with Crippen molar-refractivity contribution in [3.05, 3.63) is 54.6 Å². The van der Waals surface area contributed by atoms with Gasteiger partial charge in [-0.2, -0.15) is 0 Å². The zero-order valence-corrected chi connectivity index (χ0v) is 17.4. The van der Waals surface area contributed by atoms with E-state index in [-0.39, 0.29) is 5.91 Å². The summed E-state index contributed by atoms with van der Waals surface area (Å²) < 4.78 is 2.11. The minimum Gasteiger partial charge on any atom is -0.338 e. The van der Waals surface area contributed by atoms with E-state index in [2.05, 4.69) is 41.8 Å². The van der Waals surface area contributed by atoms with E-state index < -0.39 is 0 Å². The first-order valence-electron chi connectivity index (χ1n) is 10.2. The van der Waals surface area contributed by atoms with Crippen molar-refractivity contribution in [2.75, 3.05) is 36.8 Å². The molecule has 0 spiro atoms. The van der Waals surface area contributed by atoms with Crippen molar-refractivity contribution in [1.29, 1.82) is 0 Å². The van der Waals surface area contributed by atoms with E-state index in [9.17, 15) is 4.79 Å². The van der Waals surface area contributed by atoms with Crippen LogP contribution in [0.1, 0.15) is 24.6 Å². The molecule has 2 fully saturated rings. The summed E-state index contributed by atoms with van der Waals surface area (Å²) in [6.07, 6.45) is 5.80. The number of rotatable bonds is 6. The predicted molar refractivity (Wildman–Crippen MR) is 115 cm³/mol. The molecule has 0 unspecified atom stereocenters. The van der Waals surface area contributed by atoms with Crippen LogP contribution in [-0.2, 0) is 4.79 Å². The standard InChI is InChI=1S/C21H23N7OS/c29-18(26-11-13-27(14-12-26)20-22-9-4-10-23-20)15-30-21-25-24-19(16-7-8-16)28(21)17-5-2-1-3-6-17/h1-6,9-10,16H,7-8,11-15H2. The number of anilines is 1. The quantitative estimate of drug-likeness (QED) is 0.565. The monoisotopic (exact) mass is 421 g/mol. The second-order valence-corrected chi connectivity index (χ2v) is 8.43. The van der Waals surface area contributed by atoms with Crippen LogP contribution in [0.3, 0.4) is 0 Å². The van der Waals surface area contributed by atoms with E-state index in [0.29, 0.717) is 24.8 Å². The Morgan fingerprint density at radius 2 is 1.70 bits per heavy atom. The Balaban J connectivity index is 1.22. The number of benzene rings is 1. The van der Waals surface area contributed by atoms with Crippen LogP contribution >= 0.6 is 11.8 Å². The van der Waals surface area contributed by atoms with Gasteiger partial charge in [-0.1, -0.05) is 30.0 Å². The highest BCUT2D eigenvalue weighted by molar-refractivity contribution is 7.99. The molecule has 1 aliphatic heterocycles. The van der Waals surface area contributed by atoms with Gasteiger partial charge >= 0.3 is 0 Å². The number of para-hydroxylation sites is 1. The highest BCUT2D eigenvalue weighted by atomic mass is 32.2. The second-order valence-electron chi connectivity index (χ2n) is 7.49. The molecule has 0 N–H and O–H groups in total. The fourth-order valence-corrected chi connectivity index (χ4v) is 4.49. The lowest BCUT2D eigenvalue weighted by Crippen LogP contribution is -2.49. The molecule has 8 nitrogen and oxygen atoms in total. The second kappa shape index (κ2) is 8.43. The third-order valence-electron chi connectivity index (χ3n) is 5.41.